The molecule has 0 aliphatic rings. The number of nitrogens with zero attached hydrogens (tertiary/aromatic N) is 2. The Morgan fingerprint density at radius 1 is 0.634 bits per heavy atom. The molecule has 0 heterocycles. The molecule has 0 saturated carbocycles. The van der Waals surface area contributed by atoms with Gasteiger partial charge in [-0.1, -0.05) is 96.5 Å². The average Bonchev–Trinajstić information content (AvgIpc) is 2.99. The normalized spacial score (nSPS) is 11.2. The van der Waals surface area contributed by atoms with Gasteiger partial charge in [-0.2, -0.15) is 10.2 Å². The van der Waals surface area contributed by atoms with E-state index in [-0.39, 0.29) is 5.82 Å². The van der Waals surface area contributed by atoms with E-state index in [1.807, 2.05) is 0 Å². The number of carbonyl (C=O) groups excluding carboxylic acids is 1. The van der Waals surface area contributed by atoms with E-state index in [0.29, 0.717) is 29.3 Å². The topological polar surface area (TPSA) is 60.2 Å². The van der Waals surface area contributed by atoms with Crippen LogP contribution in [0.4, 0.5) is 15.8 Å². The third-order valence-electron chi connectivity index (χ3n) is 6.99. The highest BCUT2D eigenvalue weighted by Crippen LogP contribution is 2.23. The van der Waals surface area contributed by atoms with Crippen molar-refractivity contribution in [3.05, 3.63) is 84.2 Å². The Morgan fingerprint density at radius 3 is 1.76 bits per heavy atom. The molecule has 0 aliphatic carbocycles. The highest BCUT2D eigenvalue weighted by atomic mass is 19.1. The maximum absolute atomic E-state index is 13.3. The van der Waals surface area contributed by atoms with Gasteiger partial charge in [-0.3, -0.25) is 0 Å². The summed E-state index contributed by atoms with van der Waals surface area (Å²) in [6, 6.07) is 19.6. The zero-order valence-electron chi connectivity index (χ0n) is 24.5. The van der Waals surface area contributed by atoms with E-state index in [1.54, 1.807) is 60.7 Å². The van der Waals surface area contributed by atoms with Crippen molar-refractivity contribution >= 4 is 17.3 Å². The van der Waals surface area contributed by atoms with Crippen LogP contribution >= 0.6 is 0 Å². The predicted octanol–water partition coefficient (Wildman–Crippen LogP) is 11.3. The number of unbranched alkanes of at least 4 members (excludes halogenated alkanes) is 13. The largest absolute Gasteiger partial charge is 0.494 e. The molecule has 0 amide bonds. The summed E-state index contributed by atoms with van der Waals surface area (Å²) >= 11 is 0. The molecule has 0 spiro atoms. The SMILES string of the molecule is CCCCCCCCCCCCCCCCOc1ccc(C(=O)Oc2ccc(N=Nc3cccc(F)c3)cc2)cc1. The molecular formula is C35H45FN2O3. The van der Waals surface area contributed by atoms with E-state index in [2.05, 4.69) is 17.2 Å². The van der Waals surface area contributed by atoms with Gasteiger partial charge in [-0.25, -0.2) is 9.18 Å². The minimum absolute atomic E-state index is 0.367. The number of azo groups is 1. The lowest BCUT2D eigenvalue weighted by Crippen LogP contribution is -2.08. The molecule has 0 atom stereocenters. The van der Waals surface area contributed by atoms with Crippen molar-refractivity contribution in [3.63, 3.8) is 0 Å². The Bertz CT molecular complexity index is 1160. The van der Waals surface area contributed by atoms with Gasteiger partial charge in [0.15, 0.2) is 0 Å². The molecule has 0 aliphatic heterocycles. The number of rotatable bonds is 20. The van der Waals surface area contributed by atoms with Gasteiger partial charge >= 0.3 is 5.97 Å². The van der Waals surface area contributed by atoms with E-state index >= 15 is 0 Å². The quantitative estimate of drug-likeness (QED) is 0.0597. The van der Waals surface area contributed by atoms with Crippen LogP contribution < -0.4 is 9.47 Å². The second-order valence-corrected chi connectivity index (χ2v) is 10.5. The predicted molar refractivity (Wildman–Crippen MR) is 164 cm³/mol. The number of hydrogen-bond donors (Lipinski definition) is 0. The van der Waals surface area contributed by atoms with Crippen molar-refractivity contribution in [2.24, 2.45) is 10.2 Å². The fourth-order valence-electron chi connectivity index (χ4n) is 4.57. The second kappa shape index (κ2) is 19.5. The number of benzene rings is 3. The van der Waals surface area contributed by atoms with E-state index in [9.17, 15) is 9.18 Å². The zero-order valence-corrected chi connectivity index (χ0v) is 24.5. The van der Waals surface area contributed by atoms with Gasteiger partial charge in [0.25, 0.3) is 0 Å². The lowest BCUT2D eigenvalue weighted by molar-refractivity contribution is 0.0734. The van der Waals surface area contributed by atoms with E-state index in [4.69, 9.17) is 9.47 Å². The lowest BCUT2D eigenvalue weighted by Gasteiger charge is -2.08. The molecule has 0 bridgehead atoms. The van der Waals surface area contributed by atoms with Gasteiger partial charge in [0.2, 0.25) is 0 Å². The fourth-order valence-corrected chi connectivity index (χ4v) is 4.57. The Kier molecular flexibility index (Phi) is 15.2. The van der Waals surface area contributed by atoms with Crippen molar-refractivity contribution in [2.75, 3.05) is 6.61 Å². The van der Waals surface area contributed by atoms with Crippen molar-refractivity contribution in [2.45, 2.75) is 96.8 Å². The first-order chi connectivity index (χ1) is 20.1. The number of carbonyl (C=O) groups is 1. The smallest absolute Gasteiger partial charge is 0.343 e. The number of esters is 1. The first kappa shape index (κ1) is 32.0. The maximum atomic E-state index is 13.3. The van der Waals surface area contributed by atoms with Crippen LogP contribution in [0.3, 0.4) is 0 Å². The van der Waals surface area contributed by atoms with Gasteiger partial charge in [0, 0.05) is 6.07 Å². The minimum atomic E-state index is -0.447. The van der Waals surface area contributed by atoms with Crippen LogP contribution in [-0.4, -0.2) is 12.6 Å². The van der Waals surface area contributed by atoms with Crippen LogP contribution in [0.5, 0.6) is 11.5 Å². The third-order valence-corrected chi connectivity index (χ3v) is 6.99. The van der Waals surface area contributed by atoms with Crippen molar-refractivity contribution in [3.8, 4) is 11.5 Å². The van der Waals surface area contributed by atoms with E-state index in [1.165, 1.54) is 95.6 Å². The monoisotopic (exact) mass is 560 g/mol. The molecule has 0 radical (unpaired) electrons. The molecule has 3 aromatic carbocycles. The van der Waals surface area contributed by atoms with E-state index in [0.717, 1.165) is 12.2 Å². The molecular weight excluding hydrogens is 515 g/mol. The Hall–Kier alpha value is -3.54. The van der Waals surface area contributed by atoms with Crippen LogP contribution in [0.15, 0.2) is 83.0 Å². The second-order valence-electron chi connectivity index (χ2n) is 10.5. The summed E-state index contributed by atoms with van der Waals surface area (Å²) in [5, 5.41) is 8.09. The summed E-state index contributed by atoms with van der Waals surface area (Å²) in [6.45, 7) is 2.96. The molecule has 0 saturated heterocycles. The zero-order chi connectivity index (χ0) is 29.0. The van der Waals surface area contributed by atoms with Crippen LogP contribution in [0.1, 0.15) is 107 Å². The third kappa shape index (κ3) is 13.6. The highest BCUT2D eigenvalue weighted by molar-refractivity contribution is 5.91. The van der Waals surface area contributed by atoms with Gasteiger partial charge in [-0.15, -0.1) is 0 Å². The summed E-state index contributed by atoms with van der Waals surface area (Å²) in [7, 11) is 0. The molecule has 0 aromatic heterocycles. The number of halogens is 1. The molecule has 0 N–H and O–H groups in total. The summed E-state index contributed by atoms with van der Waals surface area (Å²) < 4.78 is 24.6. The van der Waals surface area contributed by atoms with Crippen molar-refractivity contribution in [1.29, 1.82) is 0 Å². The summed E-state index contributed by atoms with van der Waals surface area (Å²) in [5.41, 5.74) is 1.44. The highest BCUT2D eigenvalue weighted by Gasteiger charge is 2.09. The average molecular weight is 561 g/mol. The first-order valence-corrected chi connectivity index (χ1v) is 15.4. The summed E-state index contributed by atoms with van der Waals surface area (Å²) in [4.78, 5) is 12.5. The number of ether oxygens (including phenoxy) is 2. The van der Waals surface area contributed by atoms with Gasteiger partial charge in [0.05, 0.1) is 23.5 Å². The van der Waals surface area contributed by atoms with Crippen molar-refractivity contribution < 1.29 is 18.7 Å². The summed E-state index contributed by atoms with van der Waals surface area (Å²) in [5.74, 6) is 0.341. The molecule has 0 unspecified atom stereocenters. The van der Waals surface area contributed by atoms with E-state index < -0.39 is 5.97 Å². The molecule has 3 aromatic rings. The van der Waals surface area contributed by atoms with Gasteiger partial charge in [0.1, 0.15) is 17.3 Å². The summed E-state index contributed by atoms with van der Waals surface area (Å²) in [6.07, 6.45) is 18.7. The number of hydrogen-bond acceptors (Lipinski definition) is 5. The van der Waals surface area contributed by atoms with Crippen LogP contribution in [-0.2, 0) is 0 Å². The molecule has 220 valence electrons. The maximum Gasteiger partial charge on any atom is 0.343 e. The standard InChI is InChI=1S/C35H45FN2O3/c1-2-3-4-5-6-7-8-9-10-11-12-13-14-15-27-40-33-23-19-29(20-24-33)35(39)41-34-25-21-31(22-26-34)37-38-32-18-16-17-30(36)28-32/h16-26,28H,2-15,27H2,1H3. The Labute approximate surface area is 245 Å². The van der Waals surface area contributed by atoms with Gasteiger partial charge < -0.3 is 9.47 Å². The molecule has 3 rings (SSSR count). The Morgan fingerprint density at radius 2 is 1.17 bits per heavy atom. The Balaban J connectivity index is 1.24. The molecule has 5 nitrogen and oxygen atoms in total. The molecule has 6 heteroatoms. The molecule has 0 fully saturated rings. The minimum Gasteiger partial charge on any atom is -0.494 e. The first-order valence-electron chi connectivity index (χ1n) is 15.4. The van der Waals surface area contributed by atoms with Crippen LogP contribution in [0, 0.1) is 5.82 Å². The van der Waals surface area contributed by atoms with Crippen LogP contribution in [0.25, 0.3) is 0 Å². The van der Waals surface area contributed by atoms with Crippen LogP contribution in [0.2, 0.25) is 0 Å². The lowest BCUT2D eigenvalue weighted by atomic mass is 10.0. The van der Waals surface area contributed by atoms with Crippen molar-refractivity contribution in [1.82, 2.24) is 0 Å². The van der Waals surface area contributed by atoms with Gasteiger partial charge in [-0.05, 0) is 67.1 Å². The fraction of sp³-hybridized carbons (Fsp3) is 0.457. The molecule has 41 heavy (non-hydrogen) atoms.